The van der Waals surface area contributed by atoms with Crippen LogP contribution < -0.4 is 0 Å². The molecule has 0 radical (unpaired) electrons. The average Bonchev–Trinajstić information content (AvgIpc) is 3.24. The minimum Gasteiger partial charge on any atom is -0.393 e. The van der Waals surface area contributed by atoms with Gasteiger partial charge in [-0.2, -0.15) is 0 Å². The van der Waals surface area contributed by atoms with Crippen LogP contribution in [0, 0.1) is 46.3 Å². The Balaban J connectivity index is 1.35. The van der Waals surface area contributed by atoms with Crippen LogP contribution in [-0.2, 0) is 18.9 Å². The highest BCUT2D eigenvalue weighted by Gasteiger charge is 2.72. The van der Waals surface area contributed by atoms with Crippen molar-refractivity contribution in [3.8, 4) is 0 Å². The van der Waals surface area contributed by atoms with E-state index in [-0.39, 0.29) is 42.1 Å². The molecule has 1 saturated heterocycles. The third kappa shape index (κ3) is 5.53. The molecule has 4 saturated carbocycles. The lowest BCUT2D eigenvalue weighted by Gasteiger charge is -2.66. The highest BCUT2D eigenvalue weighted by molar-refractivity contribution is 5.21. The molecule has 4 aliphatic carbocycles. The van der Waals surface area contributed by atoms with Crippen LogP contribution in [0.15, 0.2) is 12.2 Å². The van der Waals surface area contributed by atoms with E-state index >= 15 is 0 Å². The van der Waals surface area contributed by atoms with Gasteiger partial charge in [0, 0.05) is 32.5 Å². The van der Waals surface area contributed by atoms with Gasteiger partial charge in [0.05, 0.1) is 42.7 Å². The van der Waals surface area contributed by atoms with E-state index < -0.39 is 78.0 Å². The number of hydrogen-bond acceptors (Lipinski definition) is 10. The molecule has 5 fully saturated rings. The van der Waals surface area contributed by atoms with Crippen molar-refractivity contribution in [2.24, 2.45) is 46.3 Å². The highest BCUT2D eigenvalue weighted by Crippen LogP contribution is 2.69. The predicted molar refractivity (Wildman–Crippen MR) is 162 cm³/mol. The van der Waals surface area contributed by atoms with E-state index in [0.29, 0.717) is 19.3 Å². The number of ether oxygens (including phenoxy) is 4. The second-order valence-corrected chi connectivity index (χ2v) is 15.6. The molecule has 5 rings (SSSR count). The first-order valence-electron chi connectivity index (χ1n) is 16.8. The number of aliphatic hydroxyl groups is 6. The van der Waals surface area contributed by atoms with E-state index in [1.807, 2.05) is 19.9 Å². The third-order valence-electron chi connectivity index (χ3n) is 13.0. The van der Waals surface area contributed by atoms with E-state index in [4.69, 9.17) is 18.9 Å². The van der Waals surface area contributed by atoms with Gasteiger partial charge in [0.25, 0.3) is 0 Å². The number of hydrogen-bond donors (Lipinski definition) is 6. The quantitative estimate of drug-likeness (QED) is 0.174. The first kappa shape index (κ1) is 34.7. The molecule has 0 amide bonds. The molecule has 3 unspecified atom stereocenters. The van der Waals surface area contributed by atoms with Crippen LogP contribution in [0.1, 0.15) is 73.1 Å². The van der Waals surface area contributed by atoms with Gasteiger partial charge in [-0.25, -0.2) is 0 Å². The van der Waals surface area contributed by atoms with Crippen LogP contribution in [0.3, 0.4) is 0 Å². The van der Waals surface area contributed by atoms with E-state index in [1.165, 1.54) is 14.2 Å². The lowest BCUT2D eigenvalue weighted by molar-refractivity contribution is -0.321. The van der Waals surface area contributed by atoms with Crippen molar-refractivity contribution in [3.63, 3.8) is 0 Å². The van der Waals surface area contributed by atoms with Crippen molar-refractivity contribution in [2.75, 3.05) is 20.8 Å². The highest BCUT2D eigenvalue weighted by atomic mass is 16.7. The molecule has 0 spiro atoms. The normalized spacial score (nSPS) is 52.4. The zero-order valence-corrected chi connectivity index (χ0v) is 27.6. The molecule has 0 bridgehead atoms. The summed E-state index contributed by atoms with van der Waals surface area (Å²) in [7, 11) is 2.97. The fourth-order valence-corrected chi connectivity index (χ4v) is 10.7. The van der Waals surface area contributed by atoms with Crippen LogP contribution in [0.25, 0.3) is 0 Å². The van der Waals surface area contributed by atoms with Gasteiger partial charge in [-0.05, 0) is 66.6 Å². The van der Waals surface area contributed by atoms with Gasteiger partial charge in [-0.1, -0.05) is 46.8 Å². The van der Waals surface area contributed by atoms with E-state index in [0.717, 1.165) is 12.8 Å². The average molecular weight is 627 g/mol. The van der Waals surface area contributed by atoms with Crippen LogP contribution in [-0.4, -0.2) is 112 Å². The van der Waals surface area contributed by atoms with Crippen LogP contribution in [0.5, 0.6) is 0 Å². The Kier molecular flexibility index (Phi) is 10.0. The van der Waals surface area contributed by atoms with Crippen LogP contribution in [0.2, 0.25) is 0 Å². The SMILES string of the molecule is CO[C@H]1[C@H](O[C@H]2CC[C@@]3(C)C([C@H](O)C[C@]4(O)C3CC[C@@]3(C)C4[C@@H](O)C[C@@H]3[C@H](C)/C=C/[C@H](O)C(C)C)[C@H]2O)OC[C@@H](OC)[C@@H]1O. The zero-order chi connectivity index (χ0) is 32.4. The van der Waals surface area contributed by atoms with E-state index in [2.05, 4.69) is 26.8 Å². The molecule has 6 N–H and O–H groups in total. The molecule has 1 heterocycles. The lowest BCUT2D eigenvalue weighted by atomic mass is 9.41. The lowest BCUT2D eigenvalue weighted by Crippen LogP contribution is -2.71. The molecule has 10 nitrogen and oxygen atoms in total. The molecular weight excluding hydrogens is 568 g/mol. The molecule has 1 aliphatic heterocycles. The first-order chi connectivity index (χ1) is 20.6. The van der Waals surface area contributed by atoms with Crippen molar-refractivity contribution in [3.05, 3.63) is 12.2 Å². The Morgan fingerprint density at radius 1 is 0.864 bits per heavy atom. The standard InChI is InChI=1S/C34H58O10/c1-17(2)20(35)9-8-18(3)19-14-21(36)30-32(19,4)13-11-25-33(5)12-10-23(27(38)26(33)22(37)15-34(25,30)40)44-31-29(42-7)28(39)24(41-6)16-43-31/h8-9,17-31,35-40H,10-16H2,1-7H3/b9-8+/t18-,19-,20+,21+,22-,23+,24-,25?,26?,27+,28+,29-,30?,31+,32-,33-,34+/m1/s1. The van der Waals surface area contributed by atoms with E-state index in [1.54, 1.807) is 0 Å². The van der Waals surface area contributed by atoms with Gasteiger partial charge in [-0.15, -0.1) is 0 Å². The van der Waals surface area contributed by atoms with Gasteiger partial charge < -0.3 is 49.6 Å². The fourth-order valence-electron chi connectivity index (χ4n) is 10.7. The fraction of sp³-hybridized carbons (Fsp3) is 0.941. The minimum atomic E-state index is -1.28. The van der Waals surface area contributed by atoms with Gasteiger partial charge in [0.15, 0.2) is 6.29 Å². The number of allylic oxidation sites excluding steroid dienone is 1. The first-order valence-corrected chi connectivity index (χ1v) is 16.8. The summed E-state index contributed by atoms with van der Waals surface area (Å²) < 4.78 is 22.9. The van der Waals surface area contributed by atoms with Gasteiger partial charge in [0.1, 0.15) is 18.3 Å². The smallest absolute Gasteiger partial charge is 0.186 e. The number of rotatable bonds is 8. The molecule has 0 aromatic rings. The summed E-state index contributed by atoms with van der Waals surface area (Å²) in [4.78, 5) is 0. The summed E-state index contributed by atoms with van der Waals surface area (Å²) in [5.41, 5.74) is -2.20. The summed E-state index contributed by atoms with van der Waals surface area (Å²) in [6.07, 6.45) is 0.134. The van der Waals surface area contributed by atoms with Crippen LogP contribution >= 0.6 is 0 Å². The maximum atomic E-state index is 12.7. The summed E-state index contributed by atoms with van der Waals surface area (Å²) in [5, 5.41) is 68.8. The number of aliphatic hydroxyl groups excluding tert-OH is 5. The van der Waals surface area contributed by atoms with Crippen LogP contribution in [0.4, 0.5) is 0 Å². The number of fused-ring (bicyclic) bond motifs is 5. The Morgan fingerprint density at radius 2 is 1.55 bits per heavy atom. The molecule has 0 aromatic carbocycles. The van der Waals surface area contributed by atoms with Crippen molar-refractivity contribution in [1.29, 1.82) is 0 Å². The molecule has 0 aromatic heterocycles. The maximum Gasteiger partial charge on any atom is 0.186 e. The summed E-state index contributed by atoms with van der Waals surface area (Å²) in [6.45, 7) is 10.5. The van der Waals surface area contributed by atoms with Gasteiger partial charge in [-0.3, -0.25) is 0 Å². The van der Waals surface area contributed by atoms with Crippen molar-refractivity contribution >= 4 is 0 Å². The second kappa shape index (κ2) is 12.7. The molecular formula is C34H58O10. The molecule has 17 atom stereocenters. The maximum absolute atomic E-state index is 12.7. The van der Waals surface area contributed by atoms with Crippen molar-refractivity contribution < 1.29 is 49.6 Å². The van der Waals surface area contributed by atoms with E-state index in [9.17, 15) is 30.6 Å². The summed E-state index contributed by atoms with van der Waals surface area (Å²) >= 11 is 0. The largest absolute Gasteiger partial charge is 0.393 e. The van der Waals surface area contributed by atoms with Crippen molar-refractivity contribution in [1.82, 2.24) is 0 Å². The minimum absolute atomic E-state index is 0.0802. The van der Waals surface area contributed by atoms with Gasteiger partial charge in [0.2, 0.25) is 0 Å². The Morgan fingerprint density at radius 3 is 2.18 bits per heavy atom. The Labute approximate surface area is 262 Å². The second-order valence-electron chi connectivity index (χ2n) is 15.6. The topological polar surface area (TPSA) is 158 Å². The monoisotopic (exact) mass is 626 g/mol. The zero-order valence-electron chi connectivity index (χ0n) is 27.6. The van der Waals surface area contributed by atoms with Gasteiger partial charge >= 0.3 is 0 Å². The summed E-state index contributed by atoms with van der Waals surface area (Å²) in [5.74, 6) is -0.803. The predicted octanol–water partition coefficient (Wildman–Crippen LogP) is 2.01. The summed E-state index contributed by atoms with van der Waals surface area (Å²) in [6, 6.07) is 0. The molecule has 254 valence electrons. The molecule has 10 heteroatoms. The Bertz CT molecular complexity index is 1020. The Hall–Kier alpha value is -0.660. The molecule has 44 heavy (non-hydrogen) atoms. The number of methoxy groups -OCH3 is 2. The molecule has 5 aliphatic rings. The van der Waals surface area contributed by atoms with Crippen molar-refractivity contribution in [2.45, 2.75) is 134 Å². The third-order valence-corrected chi connectivity index (χ3v) is 13.0.